The van der Waals surface area contributed by atoms with Crippen LogP contribution in [0.4, 0.5) is 0 Å². The molecule has 2 nitrogen and oxygen atoms in total. The molecular formula is C14H20Cl2N2. The Kier molecular flexibility index (Phi) is 4.54. The van der Waals surface area contributed by atoms with Gasteiger partial charge in [-0.1, -0.05) is 36.2 Å². The molecule has 0 aromatic heterocycles. The standard InChI is InChI=1S/C14H20Cl2N2/c1-9-5-12(17)8-18(7-9)10(2)11-3-4-13(15)14(16)6-11/h3-4,6,9-10,12H,5,7-8,17H2,1-2H3. The fourth-order valence-electron chi connectivity index (χ4n) is 2.74. The molecule has 0 amide bonds. The first-order chi connectivity index (χ1) is 8.47. The van der Waals surface area contributed by atoms with Crippen LogP contribution in [-0.2, 0) is 0 Å². The Balaban J connectivity index is 2.14. The molecule has 4 heteroatoms. The summed E-state index contributed by atoms with van der Waals surface area (Å²) in [6, 6.07) is 6.47. The number of nitrogens with zero attached hydrogens (tertiary/aromatic N) is 1. The SMILES string of the molecule is CC1CC(N)CN(C(C)c2ccc(Cl)c(Cl)c2)C1. The second-order valence-electron chi connectivity index (χ2n) is 5.40. The number of nitrogens with two attached hydrogens (primary N) is 1. The van der Waals surface area contributed by atoms with Gasteiger partial charge < -0.3 is 5.73 Å². The minimum absolute atomic E-state index is 0.277. The second kappa shape index (κ2) is 5.79. The molecule has 1 aliphatic heterocycles. The van der Waals surface area contributed by atoms with E-state index in [2.05, 4.69) is 18.7 Å². The van der Waals surface area contributed by atoms with Gasteiger partial charge in [-0.15, -0.1) is 0 Å². The summed E-state index contributed by atoms with van der Waals surface area (Å²) in [6.45, 7) is 6.50. The summed E-state index contributed by atoms with van der Waals surface area (Å²) in [5.74, 6) is 0.652. The van der Waals surface area contributed by atoms with Gasteiger partial charge in [-0.05, 0) is 37.0 Å². The summed E-state index contributed by atoms with van der Waals surface area (Å²) >= 11 is 12.0. The monoisotopic (exact) mass is 286 g/mol. The van der Waals surface area contributed by atoms with E-state index in [1.54, 1.807) is 0 Å². The quantitative estimate of drug-likeness (QED) is 0.898. The lowest BCUT2D eigenvalue weighted by molar-refractivity contribution is 0.124. The maximum absolute atomic E-state index is 6.10. The van der Waals surface area contributed by atoms with Crippen molar-refractivity contribution >= 4 is 23.2 Å². The summed E-state index contributed by atoms with van der Waals surface area (Å²) < 4.78 is 0. The van der Waals surface area contributed by atoms with Gasteiger partial charge in [0, 0.05) is 25.2 Å². The van der Waals surface area contributed by atoms with Crippen molar-refractivity contribution in [3.05, 3.63) is 33.8 Å². The minimum Gasteiger partial charge on any atom is -0.327 e. The summed E-state index contributed by atoms with van der Waals surface area (Å²) in [6.07, 6.45) is 1.12. The third-order valence-electron chi connectivity index (χ3n) is 3.69. The van der Waals surface area contributed by atoms with Crippen molar-refractivity contribution < 1.29 is 0 Å². The molecule has 1 fully saturated rings. The molecule has 3 atom stereocenters. The Morgan fingerprint density at radius 1 is 1.28 bits per heavy atom. The summed E-state index contributed by atoms with van der Waals surface area (Å²) in [5.41, 5.74) is 7.30. The lowest BCUT2D eigenvalue weighted by atomic mass is 9.94. The number of hydrogen-bond donors (Lipinski definition) is 1. The maximum Gasteiger partial charge on any atom is 0.0595 e. The van der Waals surface area contributed by atoms with Gasteiger partial charge in [0.05, 0.1) is 10.0 Å². The largest absolute Gasteiger partial charge is 0.327 e. The highest BCUT2D eigenvalue weighted by molar-refractivity contribution is 6.42. The van der Waals surface area contributed by atoms with Crippen LogP contribution in [0.1, 0.15) is 31.9 Å². The summed E-state index contributed by atoms with van der Waals surface area (Å²) in [7, 11) is 0. The van der Waals surface area contributed by atoms with E-state index in [1.165, 1.54) is 5.56 Å². The molecule has 2 N–H and O–H groups in total. The van der Waals surface area contributed by atoms with Crippen molar-refractivity contribution in [1.29, 1.82) is 0 Å². The smallest absolute Gasteiger partial charge is 0.0595 e. The van der Waals surface area contributed by atoms with Gasteiger partial charge in [0.15, 0.2) is 0 Å². The molecule has 100 valence electrons. The van der Waals surface area contributed by atoms with Gasteiger partial charge >= 0.3 is 0 Å². The Bertz CT molecular complexity index is 412. The average Bonchev–Trinajstić information content (AvgIpc) is 2.30. The van der Waals surface area contributed by atoms with Crippen molar-refractivity contribution in [3.63, 3.8) is 0 Å². The van der Waals surface area contributed by atoms with Crippen molar-refractivity contribution in [1.82, 2.24) is 4.90 Å². The molecule has 2 rings (SSSR count). The van der Waals surface area contributed by atoms with Crippen LogP contribution in [0.15, 0.2) is 18.2 Å². The third kappa shape index (κ3) is 3.18. The minimum atomic E-state index is 0.277. The van der Waals surface area contributed by atoms with Crippen LogP contribution in [0, 0.1) is 5.92 Å². The first kappa shape index (κ1) is 14.1. The van der Waals surface area contributed by atoms with Crippen molar-refractivity contribution in [2.75, 3.05) is 13.1 Å². The Morgan fingerprint density at radius 3 is 2.61 bits per heavy atom. The molecule has 0 aliphatic carbocycles. The number of likely N-dealkylation sites (tertiary alicyclic amines) is 1. The van der Waals surface area contributed by atoms with E-state index < -0.39 is 0 Å². The van der Waals surface area contributed by atoms with Gasteiger partial charge in [0.25, 0.3) is 0 Å². The van der Waals surface area contributed by atoms with Crippen LogP contribution in [0.5, 0.6) is 0 Å². The lowest BCUT2D eigenvalue weighted by Gasteiger charge is -2.38. The van der Waals surface area contributed by atoms with Crippen LogP contribution < -0.4 is 5.73 Å². The van der Waals surface area contributed by atoms with Crippen molar-refractivity contribution in [2.45, 2.75) is 32.4 Å². The lowest BCUT2D eigenvalue weighted by Crippen LogP contribution is -2.47. The molecule has 1 saturated heterocycles. The maximum atomic E-state index is 6.10. The van der Waals surface area contributed by atoms with E-state index in [0.717, 1.165) is 19.5 Å². The topological polar surface area (TPSA) is 29.3 Å². The van der Waals surface area contributed by atoms with Crippen molar-refractivity contribution in [2.24, 2.45) is 11.7 Å². The van der Waals surface area contributed by atoms with Gasteiger partial charge in [0.2, 0.25) is 0 Å². The van der Waals surface area contributed by atoms with Crippen LogP contribution in [0.2, 0.25) is 10.0 Å². The predicted octanol–water partition coefficient (Wildman–Crippen LogP) is 3.72. The predicted molar refractivity (Wildman–Crippen MR) is 78.2 cm³/mol. The third-order valence-corrected chi connectivity index (χ3v) is 4.43. The zero-order valence-corrected chi connectivity index (χ0v) is 12.4. The van der Waals surface area contributed by atoms with E-state index in [1.807, 2.05) is 18.2 Å². The van der Waals surface area contributed by atoms with E-state index in [-0.39, 0.29) is 6.04 Å². The van der Waals surface area contributed by atoms with Gasteiger partial charge in [-0.2, -0.15) is 0 Å². The zero-order valence-electron chi connectivity index (χ0n) is 10.9. The van der Waals surface area contributed by atoms with E-state index in [0.29, 0.717) is 22.0 Å². The number of rotatable bonds is 2. The molecular weight excluding hydrogens is 267 g/mol. The van der Waals surface area contributed by atoms with E-state index in [9.17, 15) is 0 Å². The van der Waals surface area contributed by atoms with E-state index in [4.69, 9.17) is 28.9 Å². The first-order valence-corrected chi connectivity index (χ1v) is 7.17. The molecule has 3 unspecified atom stereocenters. The molecule has 1 aromatic carbocycles. The molecule has 1 aromatic rings. The van der Waals surface area contributed by atoms with Crippen LogP contribution in [-0.4, -0.2) is 24.0 Å². The fraction of sp³-hybridized carbons (Fsp3) is 0.571. The highest BCUT2D eigenvalue weighted by atomic mass is 35.5. The molecule has 0 saturated carbocycles. The van der Waals surface area contributed by atoms with Crippen LogP contribution >= 0.6 is 23.2 Å². The normalized spacial score (nSPS) is 27.2. The number of hydrogen-bond acceptors (Lipinski definition) is 2. The Morgan fingerprint density at radius 2 is 2.00 bits per heavy atom. The average molecular weight is 287 g/mol. The van der Waals surface area contributed by atoms with Gasteiger partial charge in [-0.25, -0.2) is 0 Å². The Labute approximate surface area is 119 Å². The van der Waals surface area contributed by atoms with Gasteiger partial charge in [0.1, 0.15) is 0 Å². The first-order valence-electron chi connectivity index (χ1n) is 6.42. The van der Waals surface area contributed by atoms with Gasteiger partial charge in [-0.3, -0.25) is 4.90 Å². The summed E-state index contributed by atoms with van der Waals surface area (Å²) in [4.78, 5) is 2.43. The fourth-order valence-corrected chi connectivity index (χ4v) is 3.05. The number of benzene rings is 1. The van der Waals surface area contributed by atoms with Crippen LogP contribution in [0.3, 0.4) is 0 Å². The van der Waals surface area contributed by atoms with Crippen LogP contribution in [0.25, 0.3) is 0 Å². The molecule has 0 bridgehead atoms. The second-order valence-corrected chi connectivity index (χ2v) is 6.22. The number of halogens is 2. The molecule has 0 radical (unpaired) electrons. The summed E-state index contributed by atoms with van der Waals surface area (Å²) in [5, 5.41) is 1.23. The molecule has 1 aliphatic rings. The van der Waals surface area contributed by atoms with E-state index >= 15 is 0 Å². The molecule has 0 spiro atoms. The highest BCUT2D eigenvalue weighted by Crippen LogP contribution is 2.30. The number of piperidine rings is 1. The Hall–Kier alpha value is -0.280. The van der Waals surface area contributed by atoms with Crippen molar-refractivity contribution in [3.8, 4) is 0 Å². The molecule has 18 heavy (non-hydrogen) atoms. The highest BCUT2D eigenvalue weighted by Gasteiger charge is 2.26. The zero-order chi connectivity index (χ0) is 13.3. The molecule has 1 heterocycles.